The topological polar surface area (TPSA) is 78.4 Å². The Kier molecular flexibility index (Phi) is 6.09. The molecule has 0 saturated heterocycles. The molecule has 0 aliphatic heterocycles. The number of benzene rings is 3. The van der Waals surface area contributed by atoms with Crippen LogP contribution in [0.2, 0.25) is 0 Å². The number of fused-ring (bicyclic) bond motifs is 1. The summed E-state index contributed by atoms with van der Waals surface area (Å²) in [4.78, 5) is 0. The molecule has 1 heterocycles. The van der Waals surface area contributed by atoms with Crippen LogP contribution < -0.4 is 4.74 Å². The van der Waals surface area contributed by atoms with Gasteiger partial charge in [0.1, 0.15) is 11.5 Å². The van der Waals surface area contributed by atoms with E-state index in [-0.39, 0.29) is 12.4 Å². The van der Waals surface area contributed by atoms with E-state index >= 15 is 0 Å². The van der Waals surface area contributed by atoms with Crippen LogP contribution in [0.25, 0.3) is 16.6 Å². The van der Waals surface area contributed by atoms with Crippen LogP contribution in [0.5, 0.6) is 11.5 Å². The highest BCUT2D eigenvalue weighted by Gasteiger charge is 2.33. The molecule has 4 aromatic rings. The summed E-state index contributed by atoms with van der Waals surface area (Å²) in [6, 6.07) is 19.3. The number of halogens is 3. The fraction of sp³-hybridized carbons (Fsp3) is 0.160. The van der Waals surface area contributed by atoms with Crippen molar-refractivity contribution in [3.05, 3.63) is 89.6 Å². The average Bonchev–Trinajstić information content (AvgIpc) is 3.17. The van der Waals surface area contributed by atoms with Crippen LogP contribution in [-0.2, 0) is 12.6 Å². The zero-order chi connectivity index (χ0) is 23.6. The highest BCUT2D eigenvalue weighted by molar-refractivity contribution is 5.85. The van der Waals surface area contributed by atoms with Crippen molar-refractivity contribution >= 4 is 10.9 Å². The number of alkyl halides is 3. The summed E-state index contributed by atoms with van der Waals surface area (Å²) in [5, 5.41) is 29.1. The van der Waals surface area contributed by atoms with Gasteiger partial charge in [-0.15, -0.1) is 0 Å². The van der Waals surface area contributed by atoms with Crippen LogP contribution in [0.4, 0.5) is 13.2 Å². The third kappa shape index (κ3) is 4.70. The van der Waals surface area contributed by atoms with Gasteiger partial charge in [-0.1, -0.05) is 18.2 Å². The van der Waals surface area contributed by atoms with Crippen LogP contribution in [-0.4, -0.2) is 27.5 Å². The first-order valence-corrected chi connectivity index (χ1v) is 10.1. The molecule has 0 saturated carbocycles. The maximum Gasteiger partial charge on any atom is 0.417 e. The number of para-hydroxylation sites is 1. The number of nitriles is 1. The molecule has 8 heteroatoms. The van der Waals surface area contributed by atoms with Gasteiger partial charge in [0.05, 0.1) is 35.4 Å². The first kappa shape index (κ1) is 22.4. The van der Waals surface area contributed by atoms with Crippen LogP contribution in [0.1, 0.15) is 16.7 Å². The zero-order valence-corrected chi connectivity index (χ0v) is 17.3. The second-order valence-corrected chi connectivity index (χ2v) is 7.49. The Hall–Kier alpha value is -3.80. The second kappa shape index (κ2) is 8.98. The Balaban J connectivity index is 1.61. The van der Waals surface area contributed by atoms with Gasteiger partial charge in [-0.3, -0.25) is 0 Å². The van der Waals surface area contributed by atoms with E-state index in [0.717, 1.165) is 34.3 Å². The van der Waals surface area contributed by atoms with Crippen molar-refractivity contribution in [3.8, 4) is 23.3 Å². The van der Waals surface area contributed by atoms with E-state index in [1.807, 2.05) is 35.0 Å². The molecule has 3 aromatic carbocycles. The summed E-state index contributed by atoms with van der Waals surface area (Å²) in [5.74, 6) is 0.522. The van der Waals surface area contributed by atoms with Crippen LogP contribution >= 0.6 is 0 Å². The molecule has 1 unspecified atom stereocenters. The van der Waals surface area contributed by atoms with Gasteiger partial charge in [0.15, 0.2) is 0 Å². The van der Waals surface area contributed by atoms with Crippen LogP contribution in [0.15, 0.2) is 72.9 Å². The summed E-state index contributed by atoms with van der Waals surface area (Å²) in [7, 11) is 0. The Bertz CT molecular complexity index is 1320. The largest absolute Gasteiger partial charge is 0.457 e. The van der Waals surface area contributed by atoms with Crippen molar-refractivity contribution in [2.24, 2.45) is 0 Å². The maximum atomic E-state index is 13.0. The molecule has 33 heavy (non-hydrogen) atoms. The predicted molar refractivity (Wildman–Crippen MR) is 116 cm³/mol. The fourth-order valence-corrected chi connectivity index (χ4v) is 3.68. The second-order valence-electron chi connectivity index (χ2n) is 7.49. The third-order valence-corrected chi connectivity index (χ3v) is 5.23. The summed E-state index contributed by atoms with van der Waals surface area (Å²) < 4.78 is 46.5. The monoisotopic (exact) mass is 452 g/mol. The summed E-state index contributed by atoms with van der Waals surface area (Å²) in [5.41, 5.74) is 1.12. The molecular weight excluding hydrogens is 433 g/mol. The molecule has 0 bridgehead atoms. The van der Waals surface area contributed by atoms with Crippen molar-refractivity contribution in [1.29, 1.82) is 5.26 Å². The molecule has 4 rings (SSSR count). The van der Waals surface area contributed by atoms with Gasteiger partial charge in [0, 0.05) is 23.7 Å². The number of aliphatic hydroxyl groups is 2. The van der Waals surface area contributed by atoms with Crippen molar-refractivity contribution in [2.45, 2.75) is 18.7 Å². The standard InChI is InChI=1S/C25H19F3N2O3/c26-25(27,28)23-10-9-21(12-16(23)13-29)33-20-7-5-18(6-8-20)30-14-17(11-19(32)15-31)22-3-1-2-4-24(22)30/h1-10,12,14,19,31-32H,11,15H2. The number of aliphatic hydroxyl groups excluding tert-OH is 2. The molecule has 1 atom stereocenters. The SMILES string of the molecule is N#Cc1cc(Oc2ccc(-n3cc(CC(O)CO)c4ccccc43)cc2)ccc1C(F)(F)F. The van der Waals surface area contributed by atoms with E-state index in [1.54, 1.807) is 30.3 Å². The van der Waals surface area contributed by atoms with Gasteiger partial charge in [0.25, 0.3) is 0 Å². The van der Waals surface area contributed by atoms with Crippen LogP contribution in [0.3, 0.4) is 0 Å². The molecule has 168 valence electrons. The minimum Gasteiger partial charge on any atom is -0.457 e. The zero-order valence-electron chi connectivity index (χ0n) is 17.3. The van der Waals surface area contributed by atoms with Gasteiger partial charge in [0.2, 0.25) is 0 Å². The van der Waals surface area contributed by atoms with E-state index in [4.69, 9.17) is 10.00 Å². The molecular formula is C25H19F3N2O3. The molecule has 0 radical (unpaired) electrons. The number of aromatic nitrogens is 1. The predicted octanol–water partition coefficient (Wildman–Crippen LogP) is 5.21. The smallest absolute Gasteiger partial charge is 0.417 e. The minimum absolute atomic E-state index is 0.124. The van der Waals surface area contributed by atoms with Gasteiger partial charge < -0.3 is 19.5 Å². The van der Waals surface area contributed by atoms with E-state index in [0.29, 0.717) is 12.2 Å². The van der Waals surface area contributed by atoms with Crippen molar-refractivity contribution in [2.75, 3.05) is 6.61 Å². The number of hydrogen-bond acceptors (Lipinski definition) is 4. The Morgan fingerprint density at radius 1 is 1.00 bits per heavy atom. The highest BCUT2D eigenvalue weighted by atomic mass is 19.4. The van der Waals surface area contributed by atoms with Crippen molar-refractivity contribution in [1.82, 2.24) is 4.57 Å². The molecule has 0 fully saturated rings. The van der Waals surface area contributed by atoms with Gasteiger partial charge in [-0.25, -0.2) is 0 Å². The molecule has 0 spiro atoms. The lowest BCUT2D eigenvalue weighted by molar-refractivity contribution is -0.137. The fourth-order valence-electron chi connectivity index (χ4n) is 3.68. The summed E-state index contributed by atoms with van der Waals surface area (Å²) in [6.07, 6.45) is -3.27. The molecule has 0 amide bonds. The van der Waals surface area contributed by atoms with E-state index < -0.39 is 23.4 Å². The lowest BCUT2D eigenvalue weighted by Crippen LogP contribution is -2.14. The van der Waals surface area contributed by atoms with Crippen molar-refractivity contribution in [3.63, 3.8) is 0 Å². The lowest BCUT2D eigenvalue weighted by atomic mass is 10.1. The number of hydrogen-bond donors (Lipinski definition) is 2. The molecule has 2 N–H and O–H groups in total. The normalized spacial score (nSPS) is 12.5. The van der Waals surface area contributed by atoms with Gasteiger partial charge in [-0.05, 0) is 54.1 Å². The Morgan fingerprint density at radius 2 is 1.70 bits per heavy atom. The highest BCUT2D eigenvalue weighted by Crippen LogP contribution is 2.35. The number of nitrogens with zero attached hydrogens (tertiary/aromatic N) is 2. The molecule has 0 aliphatic carbocycles. The van der Waals surface area contributed by atoms with E-state index in [1.165, 1.54) is 6.07 Å². The van der Waals surface area contributed by atoms with Crippen LogP contribution in [0, 0.1) is 11.3 Å². The third-order valence-electron chi connectivity index (χ3n) is 5.23. The summed E-state index contributed by atoms with van der Waals surface area (Å²) >= 11 is 0. The maximum absolute atomic E-state index is 13.0. The molecule has 1 aromatic heterocycles. The summed E-state index contributed by atoms with van der Waals surface area (Å²) in [6.45, 7) is -0.330. The first-order chi connectivity index (χ1) is 15.8. The minimum atomic E-state index is -4.61. The Morgan fingerprint density at radius 3 is 2.36 bits per heavy atom. The molecule has 0 aliphatic rings. The van der Waals surface area contributed by atoms with Gasteiger partial charge >= 0.3 is 6.18 Å². The van der Waals surface area contributed by atoms with Gasteiger partial charge in [-0.2, -0.15) is 18.4 Å². The van der Waals surface area contributed by atoms with E-state index in [2.05, 4.69) is 0 Å². The number of ether oxygens (including phenoxy) is 1. The molecule has 5 nitrogen and oxygen atoms in total. The first-order valence-electron chi connectivity index (χ1n) is 10.1. The van der Waals surface area contributed by atoms with Crippen molar-refractivity contribution < 1.29 is 28.1 Å². The average molecular weight is 452 g/mol. The lowest BCUT2D eigenvalue weighted by Gasteiger charge is -2.12. The Labute approximate surface area is 187 Å². The van der Waals surface area contributed by atoms with E-state index in [9.17, 15) is 23.4 Å². The number of rotatable bonds is 6. The quantitative estimate of drug-likeness (QED) is 0.421.